The molecule has 3 aliphatic carbocycles. The largest absolute Gasteiger partial charge is 0.462 e. The van der Waals surface area contributed by atoms with E-state index in [9.17, 15) is 9.59 Å². The molecule has 0 aromatic heterocycles. The molecule has 176 valence electrons. The van der Waals surface area contributed by atoms with Crippen LogP contribution in [0.5, 0.6) is 5.75 Å². The minimum Gasteiger partial charge on any atom is -0.462 e. The van der Waals surface area contributed by atoms with Crippen LogP contribution in [0, 0.1) is 22.7 Å². The lowest BCUT2D eigenvalue weighted by Gasteiger charge is -2.60. The van der Waals surface area contributed by atoms with Gasteiger partial charge in [-0.1, -0.05) is 46.1 Å². The first-order valence-corrected chi connectivity index (χ1v) is 12.7. The van der Waals surface area contributed by atoms with Crippen LogP contribution in [-0.4, -0.2) is 18.0 Å². The number of unbranched alkanes of at least 4 members (excludes halogenated alkanes) is 2. The number of hydrogen-bond acceptors (Lipinski definition) is 4. The molecule has 2 fully saturated rings. The van der Waals surface area contributed by atoms with Crippen LogP contribution in [0.1, 0.15) is 103 Å². The van der Waals surface area contributed by atoms with Gasteiger partial charge in [0.1, 0.15) is 11.9 Å². The molecule has 3 aliphatic rings. The van der Waals surface area contributed by atoms with E-state index in [4.69, 9.17) is 9.47 Å². The SMILES string of the molecule is CCCCC[C@H]1C[C@@]2(C)C(CC[C@@H]2OC(C)=O)[C@]2(C)CCc3cc(OC(C)=O)ccc3C12. The molecule has 4 heteroatoms. The third-order valence-corrected chi connectivity index (χ3v) is 9.06. The summed E-state index contributed by atoms with van der Waals surface area (Å²) in [6.45, 7) is 10.2. The second kappa shape index (κ2) is 8.83. The molecule has 0 spiro atoms. The lowest BCUT2D eigenvalue weighted by molar-refractivity contribution is -0.160. The third kappa shape index (κ3) is 3.99. The van der Waals surface area contributed by atoms with Gasteiger partial charge < -0.3 is 9.47 Å². The van der Waals surface area contributed by atoms with Crippen molar-refractivity contribution in [3.05, 3.63) is 29.3 Å². The molecule has 0 heterocycles. The maximum absolute atomic E-state index is 11.9. The fourth-order valence-corrected chi connectivity index (χ4v) is 7.99. The topological polar surface area (TPSA) is 52.6 Å². The molecular weight excluding hydrogens is 400 g/mol. The highest BCUT2D eigenvalue weighted by molar-refractivity contribution is 5.69. The lowest BCUT2D eigenvalue weighted by Crippen LogP contribution is -2.54. The summed E-state index contributed by atoms with van der Waals surface area (Å²) in [5, 5.41) is 0. The Bertz CT molecular complexity index is 876. The van der Waals surface area contributed by atoms with Crippen molar-refractivity contribution in [1.82, 2.24) is 0 Å². The minimum absolute atomic E-state index is 0.0455. The summed E-state index contributed by atoms with van der Waals surface area (Å²) in [4.78, 5) is 23.4. The minimum atomic E-state index is -0.265. The van der Waals surface area contributed by atoms with E-state index in [-0.39, 0.29) is 28.9 Å². The number of carbonyl (C=O) groups excluding carboxylic acids is 2. The number of ether oxygens (including phenoxy) is 2. The first kappa shape index (κ1) is 23.3. The van der Waals surface area contributed by atoms with Crippen molar-refractivity contribution in [2.45, 2.75) is 104 Å². The molecule has 0 saturated heterocycles. The highest BCUT2D eigenvalue weighted by atomic mass is 16.5. The van der Waals surface area contributed by atoms with E-state index in [1.54, 1.807) is 6.92 Å². The zero-order valence-electron chi connectivity index (χ0n) is 20.5. The van der Waals surface area contributed by atoms with Crippen molar-refractivity contribution >= 4 is 11.9 Å². The van der Waals surface area contributed by atoms with E-state index in [1.165, 1.54) is 43.7 Å². The smallest absolute Gasteiger partial charge is 0.308 e. The van der Waals surface area contributed by atoms with E-state index < -0.39 is 0 Å². The Hall–Kier alpha value is -1.84. The van der Waals surface area contributed by atoms with Gasteiger partial charge in [0, 0.05) is 19.3 Å². The monoisotopic (exact) mass is 440 g/mol. The van der Waals surface area contributed by atoms with Crippen LogP contribution in [0.4, 0.5) is 0 Å². The van der Waals surface area contributed by atoms with Crippen LogP contribution >= 0.6 is 0 Å². The second-order valence-corrected chi connectivity index (χ2v) is 11.1. The Morgan fingerprint density at radius 2 is 1.84 bits per heavy atom. The fraction of sp³-hybridized carbons (Fsp3) is 0.714. The van der Waals surface area contributed by atoms with Gasteiger partial charge in [0.25, 0.3) is 0 Å². The molecule has 0 bridgehead atoms. The summed E-state index contributed by atoms with van der Waals surface area (Å²) in [5.41, 5.74) is 3.08. The Morgan fingerprint density at radius 1 is 1.06 bits per heavy atom. The van der Waals surface area contributed by atoms with Gasteiger partial charge in [-0.25, -0.2) is 0 Å². The third-order valence-electron chi connectivity index (χ3n) is 9.06. The molecule has 0 aliphatic heterocycles. The van der Waals surface area contributed by atoms with Crippen molar-refractivity contribution in [3.8, 4) is 5.75 Å². The first-order chi connectivity index (χ1) is 15.2. The van der Waals surface area contributed by atoms with Crippen molar-refractivity contribution in [2.75, 3.05) is 0 Å². The van der Waals surface area contributed by atoms with Crippen LogP contribution in [0.25, 0.3) is 0 Å². The van der Waals surface area contributed by atoms with Crippen LogP contribution < -0.4 is 4.74 Å². The summed E-state index contributed by atoms with van der Waals surface area (Å²) in [5.74, 6) is 1.93. The summed E-state index contributed by atoms with van der Waals surface area (Å²) in [6, 6.07) is 6.33. The van der Waals surface area contributed by atoms with Crippen molar-refractivity contribution in [1.29, 1.82) is 0 Å². The zero-order chi connectivity index (χ0) is 23.1. The normalized spacial score (nSPS) is 35.4. The number of carbonyl (C=O) groups is 2. The van der Waals surface area contributed by atoms with Gasteiger partial charge in [0.15, 0.2) is 0 Å². The number of benzene rings is 1. The van der Waals surface area contributed by atoms with Gasteiger partial charge >= 0.3 is 11.9 Å². The first-order valence-electron chi connectivity index (χ1n) is 12.7. The summed E-state index contributed by atoms with van der Waals surface area (Å²) >= 11 is 0. The Kier molecular flexibility index (Phi) is 6.44. The Morgan fingerprint density at radius 3 is 2.53 bits per heavy atom. The summed E-state index contributed by atoms with van der Waals surface area (Å²) < 4.78 is 11.3. The van der Waals surface area contributed by atoms with Gasteiger partial charge in [0.05, 0.1) is 0 Å². The molecule has 2 unspecified atom stereocenters. The average molecular weight is 441 g/mol. The molecule has 4 rings (SSSR count). The van der Waals surface area contributed by atoms with E-state index in [1.807, 2.05) is 6.07 Å². The van der Waals surface area contributed by atoms with E-state index in [0.29, 0.717) is 23.5 Å². The average Bonchev–Trinajstić information content (AvgIpc) is 3.03. The number of rotatable bonds is 6. The molecule has 0 radical (unpaired) electrons. The lowest BCUT2D eigenvalue weighted by atomic mass is 9.44. The van der Waals surface area contributed by atoms with Gasteiger partial charge in [-0.05, 0) is 85.0 Å². The Labute approximate surface area is 193 Å². The van der Waals surface area contributed by atoms with Crippen molar-refractivity contribution in [3.63, 3.8) is 0 Å². The highest BCUT2D eigenvalue weighted by Crippen LogP contribution is 2.69. The number of esters is 2. The molecule has 1 aromatic carbocycles. The number of aryl methyl sites for hydroxylation is 1. The maximum atomic E-state index is 11.9. The second-order valence-electron chi connectivity index (χ2n) is 11.1. The molecule has 2 saturated carbocycles. The van der Waals surface area contributed by atoms with Gasteiger partial charge in [-0.2, -0.15) is 0 Å². The molecule has 6 atom stereocenters. The molecular formula is C28H40O4. The molecule has 0 N–H and O–H groups in total. The van der Waals surface area contributed by atoms with Crippen LogP contribution in [0.3, 0.4) is 0 Å². The van der Waals surface area contributed by atoms with E-state index in [2.05, 4.69) is 32.9 Å². The van der Waals surface area contributed by atoms with Crippen LogP contribution in [-0.2, 0) is 20.7 Å². The maximum Gasteiger partial charge on any atom is 0.308 e. The van der Waals surface area contributed by atoms with E-state index in [0.717, 1.165) is 32.1 Å². The Balaban J connectivity index is 1.72. The predicted molar refractivity (Wildman–Crippen MR) is 126 cm³/mol. The molecule has 32 heavy (non-hydrogen) atoms. The zero-order valence-corrected chi connectivity index (χ0v) is 20.5. The van der Waals surface area contributed by atoms with Gasteiger partial charge in [0.2, 0.25) is 0 Å². The van der Waals surface area contributed by atoms with Crippen molar-refractivity contribution < 1.29 is 19.1 Å². The van der Waals surface area contributed by atoms with Gasteiger partial charge in [-0.3, -0.25) is 9.59 Å². The summed E-state index contributed by atoms with van der Waals surface area (Å²) in [7, 11) is 0. The van der Waals surface area contributed by atoms with Gasteiger partial charge in [-0.15, -0.1) is 0 Å². The number of fused-ring (bicyclic) bond motifs is 5. The quantitative estimate of drug-likeness (QED) is 0.284. The number of hydrogen-bond donors (Lipinski definition) is 0. The fourth-order valence-electron chi connectivity index (χ4n) is 7.99. The molecule has 4 nitrogen and oxygen atoms in total. The molecule has 1 aromatic rings. The predicted octanol–water partition coefficient (Wildman–Crippen LogP) is 6.60. The summed E-state index contributed by atoms with van der Waals surface area (Å²) in [6.07, 6.45) is 10.5. The molecule has 0 amide bonds. The van der Waals surface area contributed by atoms with Crippen LogP contribution in [0.2, 0.25) is 0 Å². The highest BCUT2D eigenvalue weighted by Gasteiger charge is 2.63. The standard InChI is InChI=1S/C28H40O4/c1-6-7-8-9-21-17-28(5)24(12-13-25(28)32-19(3)30)27(4)15-14-20-16-22(31-18(2)29)10-11-23(20)26(21)27/h10-11,16,21,24-26H,6-9,12-15,17H2,1-5H3/t21-,24?,25-,26?,27-,28-/m0/s1. The van der Waals surface area contributed by atoms with Crippen molar-refractivity contribution in [2.24, 2.45) is 22.7 Å². The van der Waals surface area contributed by atoms with Crippen LogP contribution in [0.15, 0.2) is 18.2 Å². The van der Waals surface area contributed by atoms with E-state index >= 15 is 0 Å².